The normalized spacial score (nSPS) is 15.3. The summed E-state index contributed by atoms with van der Waals surface area (Å²) in [6.45, 7) is 4.81. The minimum atomic E-state index is -4.52. The van der Waals surface area contributed by atoms with Crippen molar-refractivity contribution in [1.29, 1.82) is 0 Å². The molecule has 4 rings (SSSR count). The molecule has 6 nitrogen and oxygen atoms in total. The van der Waals surface area contributed by atoms with Crippen molar-refractivity contribution in [2.45, 2.75) is 19.6 Å². The number of benzene rings is 1. The minimum Gasteiger partial charge on any atom is -0.366 e. The highest BCUT2D eigenvalue weighted by Crippen LogP contribution is 2.34. The third-order valence-electron chi connectivity index (χ3n) is 5.59. The Hall–Kier alpha value is -2.98. The first-order valence-corrected chi connectivity index (χ1v) is 10.8. The van der Waals surface area contributed by atoms with Crippen LogP contribution in [0.15, 0.2) is 36.4 Å². The molecule has 2 amide bonds. The molecule has 1 aliphatic heterocycles. The van der Waals surface area contributed by atoms with Gasteiger partial charge in [-0.1, -0.05) is 12.1 Å². The number of aromatic nitrogens is 1. The Bertz CT molecular complexity index is 1170. The quantitative estimate of drug-likeness (QED) is 0.642. The minimum absolute atomic E-state index is 0.176. The topological polar surface area (TPSA) is 79.5 Å². The molecule has 1 fully saturated rings. The van der Waals surface area contributed by atoms with Gasteiger partial charge in [0.25, 0.3) is 5.91 Å². The van der Waals surface area contributed by atoms with E-state index in [4.69, 9.17) is 5.73 Å². The molecule has 1 saturated heterocycles. The lowest BCUT2D eigenvalue weighted by atomic mass is 10.1. The number of nitrogens with zero attached hydrogens (tertiary/aromatic N) is 3. The molecule has 0 spiro atoms. The van der Waals surface area contributed by atoms with Crippen molar-refractivity contribution in [3.05, 3.63) is 63.7 Å². The second kappa shape index (κ2) is 8.51. The van der Waals surface area contributed by atoms with Crippen LogP contribution in [0.4, 0.5) is 13.2 Å². The number of primary amides is 1. The Balaban J connectivity index is 1.42. The molecule has 1 aromatic carbocycles. The first-order chi connectivity index (χ1) is 15.1. The number of aryl methyl sites for hydroxylation is 1. The van der Waals surface area contributed by atoms with Gasteiger partial charge in [-0.3, -0.25) is 14.5 Å². The summed E-state index contributed by atoms with van der Waals surface area (Å²) >= 11 is 1.01. The summed E-state index contributed by atoms with van der Waals surface area (Å²) in [5, 5.41) is 0.574. The van der Waals surface area contributed by atoms with E-state index >= 15 is 0 Å². The first kappa shape index (κ1) is 22.2. The Morgan fingerprint density at radius 1 is 1.06 bits per heavy atom. The number of hydrogen-bond acceptors (Lipinski definition) is 5. The van der Waals surface area contributed by atoms with E-state index in [0.29, 0.717) is 54.1 Å². The average molecular weight is 462 g/mol. The monoisotopic (exact) mass is 462 g/mol. The van der Waals surface area contributed by atoms with E-state index in [-0.39, 0.29) is 10.7 Å². The molecule has 0 atom stereocenters. The fraction of sp³-hybridized carbons (Fsp3) is 0.318. The number of thiophene rings is 1. The highest BCUT2D eigenvalue weighted by Gasteiger charge is 2.33. The van der Waals surface area contributed by atoms with Gasteiger partial charge in [0.1, 0.15) is 10.5 Å². The van der Waals surface area contributed by atoms with Crippen LogP contribution in [0.5, 0.6) is 0 Å². The van der Waals surface area contributed by atoms with Crippen molar-refractivity contribution in [2.24, 2.45) is 5.73 Å². The molecule has 2 aromatic heterocycles. The lowest BCUT2D eigenvalue weighted by Gasteiger charge is -2.34. The average Bonchev–Trinajstić information content (AvgIpc) is 3.09. The van der Waals surface area contributed by atoms with Gasteiger partial charge in [0.05, 0.1) is 4.88 Å². The van der Waals surface area contributed by atoms with Crippen molar-refractivity contribution in [1.82, 2.24) is 14.8 Å². The van der Waals surface area contributed by atoms with Crippen molar-refractivity contribution in [2.75, 3.05) is 26.2 Å². The summed E-state index contributed by atoms with van der Waals surface area (Å²) < 4.78 is 38.9. The Kier molecular flexibility index (Phi) is 5.91. The predicted octanol–water partition coefficient (Wildman–Crippen LogP) is 3.68. The van der Waals surface area contributed by atoms with Crippen LogP contribution in [0.2, 0.25) is 0 Å². The van der Waals surface area contributed by atoms with Crippen LogP contribution >= 0.6 is 11.3 Å². The number of nitrogens with two attached hydrogens (primary N) is 1. The van der Waals surface area contributed by atoms with Gasteiger partial charge in [0, 0.05) is 43.7 Å². The number of piperazine rings is 1. The van der Waals surface area contributed by atoms with Crippen LogP contribution in [-0.4, -0.2) is 52.8 Å². The number of halogens is 3. The second-order valence-corrected chi connectivity index (χ2v) is 8.73. The summed E-state index contributed by atoms with van der Waals surface area (Å²) in [6, 6.07) is 9.45. The van der Waals surface area contributed by atoms with Crippen LogP contribution < -0.4 is 5.73 Å². The summed E-state index contributed by atoms with van der Waals surface area (Å²) in [4.78, 5) is 32.6. The van der Waals surface area contributed by atoms with Gasteiger partial charge in [-0.2, -0.15) is 13.2 Å². The number of fused-ring (bicyclic) bond motifs is 1. The van der Waals surface area contributed by atoms with Gasteiger partial charge in [0.15, 0.2) is 0 Å². The molecule has 10 heteroatoms. The summed E-state index contributed by atoms with van der Waals surface area (Å²) in [5.41, 5.74) is 6.47. The maximum atomic E-state index is 13.1. The molecule has 32 heavy (non-hydrogen) atoms. The van der Waals surface area contributed by atoms with Gasteiger partial charge in [-0.15, -0.1) is 11.3 Å². The van der Waals surface area contributed by atoms with Gasteiger partial charge in [0.2, 0.25) is 5.91 Å². The standard InChI is InChI=1S/C22H21F3N4O2S/c1-13-16-6-7-17(22(23,24)25)27-20(16)32-18(13)21(31)29-10-8-28(9-11-29)12-14-2-4-15(5-3-14)19(26)30/h2-7H,8-12H2,1H3,(H2,26,30). The van der Waals surface area contributed by atoms with Crippen molar-refractivity contribution < 1.29 is 22.8 Å². The number of rotatable bonds is 4. The van der Waals surface area contributed by atoms with Gasteiger partial charge in [-0.25, -0.2) is 4.98 Å². The maximum Gasteiger partial charge on any atom is 0.433 e. The van der Waals surface area contributed by atoms with Gasteiger partial charge >= 0.3 is 6.18 Å². The van der Waals surface area contributed by atoms with Gasteiger partial charge < -0.3 is 10.6 Å². The van der Waals surface area contributed by atoms with E-state index < -0.39 is 17.8 Å². The van der Waals surface area contributed by atoms with Crippen molar-refractivity contribution in [3.8, 4) is 0 Å². The highest BCUT2D eigenvalue weighted by atomic mass is 32.1. The van der Waals surface area contributed by atoms with E-state index in [9.17, 15) is 22.8 Å². The molecular weight excluding hydrogens is 441 g/mol. The van der Waals surface area contributed by atoms with E-state index in [1.165, 1.54) is 6.07 Å². The van der Waals surface area contributed by atoms with Gasteiger partial charge in [-0.05, 0) is 42.3 Å². The molecule has 0 radical (unpaired) electrons. The molecule has 0 saturated carbocycles. The van der Waals surface area contributed by atoms with E-state index in [2.05, 4.69) is 9.88 Å². The predicted molar refractivity (Wildman–Crippen MR) is 115 cm³/mol. The maximum absolute atomic E-state index is 13.1. The fourth-order valence-electron chi connectivity index (χ4n) is 3.75. The van der Waals surface area contributed by atoms with Crippen LogP contribution in [-0.2, 0) is 12.7 Å². The van der Waals surface area contributed by atoms with E-state index in [1.54, 1.807) is 24.0 Å². The molecule has 0 bridgehead atoms. The molecule has 0 aliphatic carbocycles. The van der Waals surface area contributed by atoms with Crippen LogP contribution in [0.1, 0.15) is 36.9 Å². The summed E-state index contributed by atoms with van der Waals surface area (Å²) in [7, 11) is 0. The third kappa shape index (κ3) is 4.46. The molecular formula is C22H21F3N4O2S. The molecule has 1 aliphatic rings. The third-order valence-corrected chi connectivity index (χ3v) is 6.78. The van der Waals surface area contributed by atoms with Crippen molar-refractivity contribution >= 4 is 33.4 Å². The molecule has 0 unspecified atom stereocenters. The van der Waals surface area contributed by atoms with Crippen LogP contribution in [0, 0.1) is 6.92 Å². The first-order valence-electron chi connectivity index (χ1n) is 10.0. The van der Waals surface area contributed by atoms with E-state index in [0.717, 1.165) is 23.0 Å². The lowest BCUT2D eigenvalue weighted by Crippen LogP contribution is -2.48. The number of alkyl halides is 3. The molecule has 3 aromatic rings. The molecule has 168 valence electrons. The van der Waals surface area contributed by atoms with Crippen LogP contribution in [0.3, 0.4) is 0 Å². The SMILES string of the molecule is Cc1c(C(=O)N2CCN(Cc3ccc(C(N)=O)cc3)CC2)sc2nc(C(F)(F)F)ccc12. The number of carbonyl (C=O) groups is 2. The second-order valence-electron chi connectivity index (χ2n) is 7.73. The number of pyridine rings is 1. The fourth-order valence-corrected chi connectivity index (χ4v) is 4.89. The number of carbonyl (C=O) groups excluding carboxylic acids is 2. The summed E-state index contributed by atoms with van der Waals surface area (Å²) in [5.74, 6) is -0.644. The Labute approximate surface area is 186 Å². The van der Waals surface area contributed by atoms with Crippen LogP contribution in [0.25, 0.3) is 10.2 Å². The zero-order valence-electron chi connectivity index (χ0n) is 17.3. The smallest absolute Gasteiger partial charge is 0.366 e. The number of amides is 2. The summed E-state index contributed by atoms with van der Waals surface area (Å²) in [6.07, 6.45) is -4.52. The Morgan fingerprint density at radius 2 is 1.72 bits per heavy atom. The zero-order valence-corrected chi connectivity index (χ0v) is 18.1. The Morgan fingerprint density at radius 3 is 2.31 bits per heavy atom. The number of hydrogen-bond donors (Lipinski definition) is 1. The molecule has 2 N–H and O–H groups in total. The largest absolute Gasteiger partial charge is 0.433 e. The van der Waals surface area contributed by atoms with Crippen molar-refractivity contribution in [3.63, 3.8) is 0 Å². The zero-order chi connectivity index (χ0) is 23.0. The van der Waals surface area contributed by atoms with E-state index in [1.807, 2.05) is 12.1 Å². The highest BCUT2D eigenvalue weighted by molar-refractivity contribution is 7.20. The molecule has 3 heterocycles. The lowest BCUT2D eigenvalue weighted by molar-refractivity contribution is -0.140.